The highest BCUT2D eigenvalue weighted by Gasteiger charge is 2.11. The highest BCUT2D eigenvalue weighted by atomic mass is 79.9. The second kappa shape index (κ2) is 5.67. The van der Waals surface area contributed by atoms with Crippen molar-refractivity contribution in [2.75, 3.05) is 0 Å². The van der Waals surface area contributed by atoms with Gasteiger partial charge in [0.05, 0.1) is 18.2 Å². The SMILES string of the molecule is CC(C)C(N)Cn1cncc1-c1cccc(Br)c1. The molecular formula is C14H18BrN3. The molecule has 1 aromatic carbocycles. The number of benzene rings is 1. The van der Waals surface area contributed by atoms with Crippen LogP contribution in [-0.4, -0.2) is 15.6 Å². The van der Waals surface area contributed by atoms with Crippen molar-refractivity contribution >= 4 is 15.9 Å². The van der Waals surface area contributed by atoms with Crippen LogP contribution in [0.3, 0.4) is 0 Å². The molecule has 2 rings (SSSR count). The largest absolute Gasteiger partial charge is 0.329 e. The standard InChI is InChI=1S/C14H18BrN3/c1-10(2)13(16)8-18-9-17-7-14(18)11-4-3-5-12(15)6-11/h3-7,9-10,13H,8,16H2,1-2H3. The summed E-state index contributed by atoms with van der Waals surface area (Å²) < 4.78 is 3.19. The smallest absolute Gasteiger partial charge is 0.0951 e. The Morgan fingerprint density at radius 3 is 2.83 bits per heavy atom. The van der Waals surface area contributed by atoms with Crippen molar-refractivity contribution in [2.24, 2.45) is 11.7 Å². The molecule has 0 aliphatic heterocycles. The average Bonchev–Trinajstić information content (AvgIpc) is 2.77. The molecule has 0 saturated carbocycles. The van der Waals surface area contributed by atoms with Gasteiger partial charge in [-0.3, -0.25) is 0 Å². The minimum absolute atomic E-state index is 0.144. The van der Waals surface area contributed by atoms with Crippen LogP contribution in [0.1, 0.15) is 13.8 Å². The lowest BCUT2D eigenvalue weighted by Gasteiger charge is -2.18. The van der Waals surface area contributed by atoms with E-state index in [4.69, 9.17) is 5.73 Å². The van der Waals surface area contributed by atoms with Crippen LogP contribution in [-0.2, 0) is 6.54 Å². The third-order valence-electron chi connectivity index (χ3n) is 3.10. The van der Waals surface area contributed by atoms with E-state index in [0.29, 0.717) is 5.92 Å². The molecule has 0 aliphatic rings. The van der Waals surface area contributed by atoms with Gasteiger partial charge in [-0.2, -0.15) is 0 Å². The Morgan fingerprint density at radius 2 is 2.17 bits per heavy atom. The molecule has 1 unspecified atom stereocenters. The molecule has 0 radical (unpaired) electrons. The molecule has 0 amide bonds. The molecule has 0 aliphatic carbocycles. The summed E-state index contributed by atoms with van der Waals surface area (Å²) in [7, 11) is 0. The molecule has 2 aromatic rings. The first kappa shape index (κ1) is 13.3. The van der Waals surface area contributed by atoms with E-state index in [0.717, 1.165) is 22.3 Å². The van der Waals surface area contributed by atoms with E-state index in [-0.39, 0.29) is 6.04 Å². The van der Waals surface area contributed by atoms with Crippen LogP contribution < -0.4 is 5.73 Å². The lowest BCUT2D eigenvalue weighted by molar-refractivity contribution is 0.435. The minimum Gasteiger partial charge on any atom is -0.329 e. The van der Waals surface area contributed by atoms with E-state index in [1.165, 1.54) is 0 Å². The maximum atomic E-state index is 6.13. The first-order valence-electron chi connectivity index (χ1n) is 6.09. The summed E-state index contributed by atoms with van der Waals surface area (Å²) in [5.41, 5.74) is 8.38. The second-order valence-electron chi connectivity index (χ2n) is 4.85. The third-order valence-corrected chi connectivity index (χ3v) is 3.59. The first-order valence-corrected chi connectivity index (χ1v) is 6.89. The van der Waals surface area contributed by atoms with Gasteiger partial charge in [0.2, 0.25) is 0 Å². The van der Waals surface area contributed by atoms with Gasteiger partial charge in [-0.25, -0.2) is 4.98 Å². The van der Waals surface area contributed by atoms with Crippen LogP contribution in [0.2, 0.25) is 0 Å². The summed E-state index contributed by atoms with van der Waals surface area (Å²) in [5, 5.41) is 0. The van der Waals surface area contributed by atoms with E-state index in [1.807, 2.05) is 24.7 Å². The molecule has 1 atom stereocenters. The second-order valence-corrected chi connectivity index (χ2v) is 5.77. The Labute approximate surface area is 116 Å². The van der Waals surface area contributed by atoms with Gasteiger partial charge in [0.1, 0.15) is 0 Å². The van der Waals surface area contributed by atoms with Crippen molar-refractivity contribution in [1.82, 2.24) is 9.55 Å². The number of hydrogen-bond acceptors (Lipinski definition) is 2. The Kier molecular flexibility index (Phi) is 4.19. The van der Waals surface area contributed by atoms with Crippen molar-refractivity contribution in [3.63, 3.8) is 0 Å². The lowest BCUT2D eigenvalue weighted by Crippen LogP contribution is -2.31. The van der Waals surface area contributed by atoms with Gasteiger partial charge in [-0.1, -0.05) is 41.9 Å². The average molecular weight is 308 g/mol. The monoisotopic (exact) mass is 307 g/mol. The molecule has 1 aromatic heterocycles. The van der Waals surface area contributed by atoms with Crippen LogP contribution in [0.15, 0.2) is 41.3 Å². The van der Waals surface area contributed by atoms with E-state index in [2.05, 4.69) is 51.5 Å². The predicted molar refractivity (Wildman–Crippen MR) is 78.2 cm³/mol. The summed E-state index contributed by atoms with van der Waals surface area (Å²) >= 11 is 3.49. The zero-order chi connectivity index (χ0) is 13.1. The lowest BCUT2D eigenvalue weighted by atomic mass is 10.1. The Bertz CT molecular complexity index is 519. The summed E-state index contributed by atoms with van der Waals surface area (Å²) in [4.78, 5) is 4.23. The molecule has 0 saturated heterocycles. The molecule has 18 heavy (non-hydrogen) atoms. The Balaban J connectivity index is 2.28. The van der Waals surface area contributed by atoms with Gasteiger partial charge >= 0.3 is 0 Å². The Hall–Kier alpha value is -1.13. The fourth-order valence-corrected chi connectivity index (χ4v) is 2.19. The summed E-state index contributed by atoms with van der Waals surface area (Å²) in [6.45, 7) is 5.07. The van der Waals surface area contributed by atoms with Crippen molar-refractivity contribution < 1.29 is 0 Å². The van der Waals surface area contributed by atoms with Crippen LogP contribution in [0.25, 0.3) is 11.3 Å². The maximum absolute atomic E-state index is 6.13. The van der Waals surface area contributed by atoms with Gasteiger partial charge in [-0.15, -0.1) is 0 Å². The Morgan fingerprint density at radius 1 is 1.39 bits per heavy atom. The highest BCUT2D eigenvalue weighted by Crippen LogP contribution is 2.23. The van der Waals surface area contributed by atoms with Crippen LogP contribution in [0.5, 0.6) is 0 Å². The van der Waals surface area contributed by atoms with Gasteiger partial charge in [-0.05, 0) is 18.1 Å². The number of aromatic nitrogens is 2. The number of hydrogen-bond donors (Lipinski definition) is 1. The van der Waals surface area contributed by atoms with E-state index >= 15 is 0 Å². The molecule has 3 nitrogen and oxygen atoms in total. The molecule has 0 fully saturated rings. The summed E-state index contributed by atoms with van der Waals surface area (Å²) in [5.74, 6) is 0.461. The van der Waals surface area contributed by atoms with Gasteiger partial charge in [0, 0.05) is 22.6 Å². The molecule has 96 valence electrons. The third kappa shape index (κ3) is 3.00. The summed E-state index contributed by atoms with van der Waals surface area (Å²) in [6.07, 6.45) is 3.73. The number of nitrogens with two attached hydrogens (primary N) is 1. The van der Waals surface area contributed by atoms with Crippen molar-refractivity contribution in [1.29, 1.82) is 0 Å². The number of nitrogens with zero attached hydrogens (tertiary/aromatic N) is 2. The highest BCUT2D eigenvalue weighted by molar-refractivity contribution is 9.10. The van der Waals surface area contributed by atoms with Gasteiger partial charge < -0.3 is 10.3 Å². The van der Waals surface area contributed by atoms with Gasteiger partial charge in [0.15, 0.2) is 0 Å². The fourth-order valence-electron chi connectivity index (χ4n) is 1.79. The topological polar surface area (TPSA) is 43.8 Å². The minimum atomic E-state index is 0.144. The molecule has 2 N–H and O–H groups in total. The fraction of sp³-hybridized carbons (Fsp3) is 0.357. The quantitative estimate of drug-likeness (QED) is 0.942. The van der Waals surface area contributed by atoms with Crippen molar-refractivity contribution in [2.45, 2.75) is 26.4 Å². The molecule has 0 spiro atoms. The molecular weight excluding hydrogens is 290 g/mol. The number of imidazole rings is 1. The number of rotatable bonds is 4. The molecule has 0 bridgehead atoms. The number of halogens is 1. The zero-order valence-electron chi connectivity index (χ0n) is 10.7. The first-order chi connectivity index (χ1) is 8.58. The predicted octanol–water partition coefficient (Wildman–Crippen LogP) is 3.30. The zero-order valence-corrected chi connectivity index (χ0v) is 12.3. The van der Waals surface area contributed by atoms with Crippen LogP contribution in [0, 0.1) is 5.92 Å². The molecule has 4 heteroatoms. The van der Waals surface area contributed by atoms with Crippen LogP contribution >= 0.6 is 15.9 Å². The van der Waals surface area contributed by atoms with Crippen molar-refractivity contribution in [3.05, 3.63) is 41.3 Å². The van der Waals surface area contributed by atoms with E-state index in [1.54, 1.807) is 0 Å². The van der Waals surface area contributed by atoms with Crippen molar-refractivity contribution in [3.8, 4) is 11.3 Å². The molecule has 1 heterocycles. The van der Waals surface area contributed by atoms with Crippen LogP contribution in [0.4, 0.5) is 0 Å². The van der Waals surface area contributed by atoms with Gasteiger partial charge in [0.25, 0.3) is 0 Å². The summed E-state index contributed by atoms with van der Waals surface area (Å²) in [6, 6.07) is 8.36. The maximum Gasteiger partial charge on any atom is 0.0951 e. The van der Waals surface area contributed by atoms with E-state index in [9.17, 15) is 0 Å². The normalized spacial score (nSPS) is 12.9. The van der Waals surface area contributed by atoms with E-state index < -0.39 is 0 Å².